The Morgan fingerprint density at radius 2 is 2.00 bits per heavy atom. The topological polar surface area (TPSA) is 63.6 Å². The number of rotatable bonds is 3. The van der Waals surface area contributed by atoms with Gasteiger partial charge in [0.2, 0.25) is 5.56 Å². The van der Waals surface area contributed by atoms with E-state index in [1.807, 2.05) is 13.8 Å². The zero-order chi connectivity index (χ0) is 15.8. The molecule has 21 heavy (non-hydrogen) atoms. The lowest BCUT2D eigenvalue weighted by Crippen LogP contribution is -2.20. The number of nitrogens with zero attached hydrogens (tertiary/aromatic N) is 3. The Bertz CT molecular complexity index is 700. The maximum absolute atomic E-state index is 12.6. The second kappa shape index (κ2) is 5.34. The third-order valence-electron chi connectivity index (χ3n) is 2.87. The summed E-state index contributed by atoms with van der Waals surface area (Å²) >= 11 is 0. The number of hydrogen-bond acceptors (Lipinski definition) is 3. The molecular formula is C13H15F3N4O. The number of pyridine rings is 1. The number of alkyl halides is 3. The van der Waals surface area contributed by atoms with E-state index in [-0.39, 0.29) is 23.1 Å². The van der Waals surface area contributed by atoms with Crippen LogP contribution in [0.1, 0.15) is 31.3 Å². The Morgan fingerprint density at radius 3 is 2.57 bits per heavy atom. The van der Waals surface area contributed by atoms with Crippen LogP contribution in [0.15, 0.2) is 16.9 Å². The van der Waals surface area contributed by atoms with E-state index >= 15 is 0 Å². The van der Waals surface area contributed by atoms with E-state index in [4.69, 9.17) is 0 Å². The molecule has 114 valence electrons. The van der Waals surface area contributed by atoms with Gasteiger partial charge in [-0.1, -0.05) is 13.8 Å². The minimum Gasteiger partial charge on any atom is -0.325 e. The van der Waals surface area contributed by atoms with Crippen molar-refractivity contribution >= 4 is 0 Å². The molecule has 0 amide bonds. The fourth-order valence-electron chi connectivity index (χ4n) is 2.08. The second-order valence-electron chi connectivity index (χ2n) is 5.06. The largest absolute Gasteiger partial charge is 0.408 e. The smallest absolute Gasteiger partial charge is 0.325 e. The first-order valence-electron chi connectivity index (χ1n) is 6.39. The summed E-state index contributed by atoms with van der Waals surface area (Å²) in [5.74, 6) is 0.283. The summed E-state index contributed by atoms with van der Waals surface area (Å²) in [6, 6.07) is 2.74. The average Bonchev–Trinajstić information content (AvgIpc) is 2.67. The maximum Gasteiger partial charge on any atom is 0.408 e. The van der Waals surface area contributed by atoms with Crippen molar-refractivity contribution in [1.29, 1.82) is 0 Å². The third-order valence-corrected chi connectivity index (χ3v) is 2.87. The number of halogens is 3. The zero-order valence-corrected chi connectivity index (χ0v) is 11.8. The summed E-state index contributed by atoms with van der Waals surface area (Å²) in [4.78, 5) is 18.1. The van der Waals surface area contributed by atoms with Crippen LogP contribution in [-0.2, 0) is 6.54 Å². The first-order valence-corrected chi connectivity index (χ1v) is 6.39. The van der Waals surface area contributed by atoms with Gasteiger partial charge in [-0.2, -0.15) is 18.3 Å². The number of nitrogens with one attached hydrogen (secondary N) is 1. The molecule has 0 aromatic carbocycles. The van der Waals surface area contributed by atoms with Crippen molar-refractivity contribution in [3.05, 3.63) is 34.0 Å². The van der Waals surface area contributed by atoms with Gasteiger partial charge in [-0.25, -0.2) is 9.67 Å². The predicted molar refractivity (Wildman–Crippen MR) is 71.0 cm³/mol. The van der Waals surface area contributed by atoms with Gasteiger partial charge in [0.25, 0.3) is 0 Å². The molecule has 2 rings (SSSR count). The fraction of sp³-hybridized carbons (Fsp3) is 0.462. The molecule has 8 heteroatoms. The number of aromatic nitrogens is 4. The molecule has 0 aliphatic rings. The van der Waals surface area contributed by atoms with E-state index < -0.39 is 12.7 Å². The summed E-state index contributed by atoms with van der Waals surface area (Å²) in [6.07, 6.45) is -4.39. The van der Waals surface area contributed by atoms with Crippen molar-refractivity contribution in [2.75, 3.05) is 0 Å². The van der Waals surface area contributed by atoms with Gasteiger partial charge in [-0.3, -0.25) is 4.79 Å². The Labute approximate surface area is 118 Å². The molecule has 2 heterocycles. The molecule has 0 spiro atoms. The average molecular weight is 300 g/mol. The highest BCUT2D eigenvalue weighted by Gasteiger charge is 2.31. The highest BCUT2D eigenvalue weighted by molar-refractivity contribution is 5.59. The molecule has 0 fully saturated rings. The Balaban J connectivity index is 2.60. The molecule has 0 aliphatic heterocycles. The Morgan fingerprint density at radius 1 is 1.33 bits per heavy atom. The van der Waals surface area contributed by atoms with Crippen molar-refractivity contribution < 1.29 is 13.2 Å². The van der Waals surface area contributed by atoms with E-state index in [0.29, 0.717) is 11.3 Å². The molecule has 2 aromatic rings. The molecule has 1 N–H and O–H groups in total. The number of aromatic amines is 1. The van der Waals surface area contributed by atoms with Gasteiger partial charge in [0.1, 0.15) is 12.4 Å². The molecule has 0 atom stereocenters. The molecule has 5 nitrogen and oxygen atoms in total. The highest BCUT2D eigenvalue weighted by Crippen LogP contribution is 2.27. The van der Waals surface area contributed by atoms with Crippen LogP contribution >= 0.6 is 0 Å². The SMILES string of the molecule is Cc1nc(-c2ccc(=O)[nH]c2C(C)C)n(CC(F)(F)F)n1. The predicted octanol–water partition coefficient (Wildman–Crippen LogP) is 2.63. The minimum absolute atomic E-state index is 0.0646. The second-order valence-corrected chi connectivity index (χ2v) is 5.06. The monoisotopic (exact) mass is 300 g/mol. The maximum atomic E-state index is 12.6. The number of aryl methyl sites for hydroxylation is 1. The molecule has 2 aromatic heterocycles. The van der Waals surface area contributed by atoms with Crippen LogP contribution in [0.25, 0.3) is 11.4 Å². The van der Waals surface area contributed by atoms with Crippen molar-refractivity contribution in [2.24, 2.45) is 0 Å². The van der Waals surface area contributed by atoms with E-state index in [9.17, 15) is 18.0 Å². The summed E-state index contributed by atoms with van der Waals surface area (Å²) in [7, 11) is 0. The lowest BCUT2D eigenvalue weighted by atomic mass is 10.0. The number of H-pyrrole nitrogens is 1. The van der Waals surface area contributed by atoms with Gasteiger partial charge in [0.15, 0.2) is 5.82 Å². The van der Waals surface area contributed by atoms with Crippen LogP contribution in [0.4, 0.5) is 13.2 Å². The molecule has 0 bridgehead atoms. The van der Waals surface area contributed by atoms with Crippen LogP contribution in [0.5, 0.6) is 0 Å². The summed E-state index contributed by atoms with van der Waals surface area (Å²) in [5.41, 5.74) is 0.689. The number of hydrogen-bond donors (Lipinski definition) is 1. The van der Waals surface area contributed by atoms with Crippen molar-refractivity contribution in [2.45, 2.75) is 39.4 Å². The summed E-state index contributed by atoms with van der Waals surface area (Å²) < 4.78 is 38.7. The zero-order valence-electron chi connectivity index (χ0n) is 11.8. The third kappa shape index (κ3) is 3.50. The normalized spacial score (nSPS) is 12.1. The molecule has 0 aliphatic carbocycles. The lowest BCUT2D eigenvalue weighted by Gasteiger charge is -2.13. The van der Waals surface area contributed by atoms with Gasteiger partial charge >= 0.3 is 6.18 Å². The molecular weight excluding hydrogens is 285 g/mol. The molecule has 0 unspecified atom stereocenters. The summed E-state index contributed by atoms with van der Waals surface area (Å²) in [6.45, 7) is 3.98. The van der Waals surface area contributed by atoms with Crippen molar-refractivity contribution in [3.63, 3.8) is 0 Å². The molecule has 0 radical (unpaired) electrons. The van der Waals surface area contributed by atoms with E-state index in [0.717, 1.165) is 4.68 Å². The van der Waals surface area contributed by atoms with Gasteiger partial charge in [-0.05, 0) is 18.9 Å². The van der Waals surface area contributed by atoms with Crippen molar-refractivity contribution in [1.82, 2.24) is 19.7 Å². The standard InChI is InChI=1S/C13H15F3N4O/c1-7(2)11-9(4-5-10(21)18-11)12-17-8(3)19-20(12)6-13(14,15)16/h4-5,7H,6H2,1-3H3,(H,18,21). The molecule has 0 saturated carbocycles. The van der Waals surface area contributed by atoms with E-state index in [1.54, 1.807) is 0 Å². The minimum atomic E-state index is -4.39. The highest BCUT2D eigenvalue weighted by atomic mass is 19.4. The first-order chi connectivity index (χ1) is 9.67. The first kappa shape index (κ1) is 15.3. The van der Waals surface area contributed by atoms with Crippen LogP contribution in [0, 0.1) is 6.92 Å². The van der Waals surface area contributed by atoms with Crippen LogP contribution in [0.2, 0.25) is 0 Å². The van der Waals surface area contributed by atoms with Crippen LogP contribution in [0.3, 0.4) is 0 Å². The molecule has 0 saturated heterocycles. The van der Waals surface area contributed by atoms with Gasteiger partial charge in [0.05, 0.1) is 0 Å². The Hall–Kier alpha value is -2.12. The lowest BCUT2D eigenvalue weighted by molar-refractivity contribution is -0.142. The summed E-state index contributed by atoms with van der Waals surface area (Å²) in [5, 5.41) is 3.79. The van der Waals surface area contributed by atoms with Crippen LogP contribution < -0.4 is 5.56 Å². The van der Waals surface area contributed by atoms with Gasteiger partial charge < -0.3 is 4.98 Å². The van der Waals surface area contributed by atoms with Gasteiger partial charge in [0, 0.05) is 17.3 Å². The van der Waals surface area contributed by atoms with E-state index in [1.165, 1.54) is 19.1 Å². The van der Waals surface area contributed by atoms with Crippen LogP contribution in [-0.4, -0.2) is 25.9 Å². The van der Waals surface area contributed by atoms with Crippen molar-refractivity contribution in [3.8, 4) is 11.4 Å². The fourth-order valence-corrected chi connectivity index (χ4v) is 2.08. The van der Waals surface area contributed by atoms with Gasteiger partial charge in [-0.15, -0.1) is 0 Å². The quantitative estimate of drug-likeness (QED) is 0.947. The Kier molecular flexibility index (Phi) is 3.89. The van der Waals surface area contributed by atoms with E-state index in [2.05, 4.69) is 15.1 Å².